The molecule has 0 aromatic heterocycles. The summed E-state index contributed by atoms with van der Waals surface area (Å²) >= 11 is 0. The van der Waals surface area contributed by atoms with E-state index in [1.54, 1.807) is 0 Å². The van der Waals surface area contributed by atoms with Crippen LogP contribution in [-0.4, -0.2) is 18.0 Å². The van der Waals surface area contributed by atoms with Crippen LogP contribution < -0.4 is 5.32 Å². The number of hydrogen-bond donors (Lipinski definition) is 1. The maximum absolute atomic E-state index is 13.7. The first-order chi connectivity index (χ1) is 12.8. The molecule has 0 spiro atoms. The molecule has 0 bridgehead atoms. The number of nitrogens with one attached hydrogen (secondary N) is 1. The van der Waals surface area contributed by atoms with Gasteiger partial charge in [-0.1, -0.05) is 50.6 Å². The highest BCUT2D eigenvalue weighted by atomic mass is 19.1. The van der Waals surface area contributed by atoms with Crippen LogP contribution in [-0.2, 0) is 14.3 Å². The van der Waals surface area contributed by atoms with Gasteiger partial charge in [-0.25, -0.2) is 8.78 Å². The fraction of sp³-hybridized carbons (Fsp3) is 0.333. The van der Waals surface area contributed by atoms with Gasteiger partial charge in [-0.2, -0.15) is 0 Å². The SMILES string of the molecule is CC[C@H](C)[C@H](C(=O)O[C@@H](C)C(=O)Nc1cc(F)ccc1F)c1ccccc1. The second-order valence-electron chi connectivity index (χ2n) is 6.47. The van der Waals surface area contributed by atoms with E-state index < -0.39 is 35.5 Å². The summed E-state index contributed by atoms with van der Waals surface area (Å²) in [7, 11) is 0. The standard InChI is InChI=1S/C21H23F2NO3/c1-4-13(2)19(15-8-6-5-7-9-15)21(26)27-14(3)20(25)24-18-12-16(22)10-11-17(18)23/h5-14,19H,4H2,1-3H3,(H,24,25)/t13-,14-,19-/m0/s1. The summed E-state index contributed by atoms with van der Waals surface area (Å²) in [5, 5.41) is 2.25. The Balaban J connectivity index is 2.10. The minimum absolute atomic E-state index is 0.0100. The molecule has 3 atom stereocenters. The third kappa shape index (κ3) is 5.36. The van der Waals surface area contributed by atoms with E-state index in [0.717, 1.165) is 30.2 Å². The molecule has 6 heteroatoms. The van der Waals surface area contributed by atoms with E-state index in [-0.39, 0.29) is 11.6 Å². The van der Waals surface area contributed by atoms with Crippen molar-refractivity contribution in [3.05, 3.63) is 65.7 Å². The Labute approximate surface area is 157 Å². The van der Waals surface area contributed by atoms with Gasteiger partial charge in [0, 0.05) is 6.07 Å². The van der Waals surface area contributed by atoms with Crippen molar-refractivity contribution < 1.29 is 23.1 Å². The fourth-order valence-electron chi connectivity index (χ4n) is 2.72. The summed E-state index contributed by atoms with van der Waals surface area (Å²) in [5.74, 6) is -3.22. The molecule has 1 amide bonds. The van der Waals surface area contributed by atoms with Gasteiger partial charge in [0.25, 0.3) is 5.91 Å². The third-order valence-electron chi connectivity index (χ3n) is 4.47. The second kappa shape index (κ2) is 9.26. The van der Waals surface area contributed by atoms with Crippen LogP contribution in [0.2, 0.25) is 0 Å². The lowest BCUT2D eigenvalue weighted by Gasteiger charge is -2.24. The van der Waals surface area contributed by atoms with Gasteiger partial charge in [-0.15, -0.1) is 0 Å². The number of hydrogen-bond acceptors (Lipinski definition) is 3. The van der Waals surface area contributed by atoms with E-state index in [4.69, 9.17) is 4.74 Å². The molecular formula is C21H23F2NO3. The first-order valence-electron chi connectivity index (χ1n) is 8.84. The average Bonchev–Trinajstić information content (AvgIpc) is 2.65. The highest BCUT2D eigenvalue weighted by Gasteiger charge is 2.30. The quantitative estimate of drug-likeness (QED) is 0.716. The van der Waals surface area contributed by atoms with Gasteiger partial charge >= 0.3 is 5.97 Å². The smallest absolute Gasteiger partial charge is 0.314 e. The summed E-state index contributed by atoms with van der Waals surface area (Å²) in [6.45, 7) is 5.30. The molecule has 2 rings (SSSR count). The van der Waals surface area contributed by atoms with Crippen LogP contribution in [0, 0.1) is 17.6 Å². The Morgan fingerprint density at radius 1 is 1.07 bits per heavy atom. The molecule has 0 saturated heterocycles. The predicted molar refractivity (Wildman–Crippen MR) is 99.2 cm³/mol. The van der Waals surface area contributed by atoms with Crippen molar-refractivity contribution in [2.45, 2.75) is 39.2 Å². The third-order valence-corrected chi connectivity index (χ3v) is 4.47. The van der Waals surface area contributed by atoms with E-state index in [2.05, 4.69) is 5.32 Å². The molecule has 0 radical (unpaired) electrons. The molecule has 0 aliphatic rings. The Kier molecular flexibility index (Phi) is 7.05. The summed E-state index contributed by atoms with van der Waals surface area (Å²) in [5.41, 5.74) is 0.505. The van der Waals surface area contributed by atoms with Crippen LogP contribution in [0.1, 0.15) is 38.7 Å². The minimum Gasteiger partial charge on any atom is -0.452 e. The van der Waals surface area contributed by atoms with Crippen molar-refractivity contribution in [2.75, 3.05) is 5.32 Å². The van der Waals surface area contributed by atoms with E-state index in [9.17, 15) is 18.4 Å². The van der Waals surface area contributed by atoms with Crippen molar-refractivity contribution in [2.24, 2.45) is 5.92 Å². The first kappa shape index (κ1) is 20.6. The van der Waals surface area contributed by atoms with Crippen molar-refractivity contribution in [3.63, 3.8) is 0 Å². The number of benzene rings is 2. The van der Waals surface area contributed by atoms with Crippen LogP contribution in [0.25, 0.3) is 0 Å². The van der Waals surface area contributed by atoms with E-state index in [1.807, 2.05) is 44.2 Å². The summed E-state index contributed by atoms with van der Waals surface area (Å²) in [6.07, 6.45) is -0.403. The zero-order chi connectivity index (χ0) is 20.0. The van der Waals surface area contributed by atoms with Gasteiger partial charge in [0.2, 0.25) is 0 Å². The van der Waals surface area contributed by atoms with Crippen LogP contribution in [0.4, 0.5) is 14.5 Å². The van der Waals surface area contributed by atoms with E-state index >= 15 is 0 Å². The summed E-state index contributed by atoms with van der Waals surface area (Å²) in [6, 6.07) is 11.9. The van der Waals surface area contributed by atoms with Crippen LogP contribution in [0.3, 0.4) is 0 Å². The van der Waals surface area contributed by atoms with Crippen LogP contribution >= 0.6 is 0 Å². The molecule has 0 aliphatic heterocycles. The Morgan fingerprint density at radius 3 is 2.37 bits per heavy atom. The van der Waals surface area contributed by atoms with Gasteiger partial charge in [0.05, 0.1) is 11.6 Å². The monoisotopic (exact) mass is 375 g/mol. The van der Waals surface area contributed by atoms with Gasteiger partial charge < -0.3 is 10.1 Å². The van der Waals surface area contributed by atoms with Crippen molar-refractivity contribution in [1.82, 2.24) is 0 Å². The molecule has 27 heavy (non-hydrogen) atoms. The maximum Gasteiger partial charge on any atom is 0.314 e. The number of carbonyl (C=O) groups excluding carboxylic acids is 2. The van der Waals surface area contributed by atoms with Gasteiger partial charge in [0.15, 0.2) is 6.10 Å². The largest absolute Gasteiger partial charge is 0.452 e. The Morgan fingerprint density at radius 2 is 1.74 bits per heavy atom. The van der Waals surface area contributed by atoms with E-state index in [0.29, 0.717) is 0 Å². The highest BCUT2D eigenvalue weighted by molar-refractivity contribution is 5.95. The number of rotatable bonds is 7. The Bertz CT molecular complexity index is 795. The number of anilines is 1. The summed E-state index contributed by atoms with van der Waals surface area (Å²) < 4.78 is 32.2. The molecule has 2 aromatic rings. The van der Waals surface area contributed by atoms with Crippen molar-refractivity contribution >= 4 is 17.6 Å². The lowest BCUT2D eigenvalue weighted by Crippen LogP contribution is -2.33. The molecule has 4 nitrogen and oxygen atoms in total. The van der Waals surface area contributed by atoms with Gasteiger partial charge in [-0.05, 0) is 30.5 Å². The molecule has 144 valence electrons. The van der Waals surface area contributed by atoms with Crippen LogP contribution in [0.5, 0.6) is 0 Å². The number of esters is 1. The zero-order valence-electron chi connectivity index (χ0n) is 15.5. The maximum atomic E-state index is 13.7. The number of amides is 1. The number of carbonyl (C=O) groups is 2. The molecule has 0 heterocycles. The lowest BCUT2D eigenvalue weighted by molar-refractivity contribution is -0.155. The molecule has 0 saturated carbocycles. The van der Waals surface area contributed by atoms with Gasteiger partial charge in [0.1, 0.15) is 11.6 Å². The van der Waals surface area contributed by atoms with Crippen molar-refractivity contribution in [1.29, 1.82) is 0 Å². The average molecular weight is 375 g/mol. The summed E-state index contributed by atoms with van der Waals surface area (Å²) in [4.78, 5) is 24.9. The highest BCUT2D eigenvalue weighted by Crippen LogP contribution is 2.29. The molecule has 0 unspecified atom stereocenters. The normalized spacial score (nSPS) is 14.1. The van der Waals surface area contributed by atoms with Crippen molar-refractivity contribution in [3.8, 4) is 0 Å². The predicted octanol–water partition coefficient (Wildman–Crippen LogP) is 4.66. The molecule has 0 aliphatic carbocycles. The first-order valence-corrected chi connectivity index (χ1v) is 8.84. The molecule has 0 fully saturated rings. The number of halogens is 2. The molecular weight excluding hydrogens is 352 g/mol. The zero-order valence-corrected chi connectivity index (χ0v) is 15.5. The van der Waals surface area contributed by atoms with Gasteiger partial charge in [-0.3, -0.25) is 9.59 Å². The van der Waals surface area contributed by atoms with E-state index in [1.165, 1.54) is 6.92 Å². The Hall–Kier alpha value is -2.76. The lowest BCUT2D eigenvalue weighted by atomic mass is 9.85. The second-order valence-corrected chi connectivity index (χ2v) is 6.47. The number of ether oxygens (including phenoxy) is 1. The van der Waals surface area contributed by atoms with Crippen LogP contribution in [0.15, 0.2) is 48.5 Å². The fourth-order valence-corrected chi connectivity index (χ4v) is 2.72. The topological polar surface area (TPSA) is 55.4 Å². The molecule has 2 aromatic carbocycles. The minimum atomic E-state index is -1.16. The molecule has 1 N–H and O–H groups in total.